The van der Waals surface area contributed by atoms with Crippen molar-refractivity contribution in [2.24, 2.45) is 0 Å². The molecule has 31 heavy (non-hydrogen) atoms. The number of imidazole rings is 1. The van der Waals surface area contributed by atoms with Crippen molar-refractivity contribution in [1.82, 2.24) is 14.4 Å². The molecule has 0 fully saturated rings. The van der Waals surface area contributed by atoms with E-state index in [1.807, 2.05) is 61.7 Å². The van der Waals surface area contributed by atoms with E-state index in [0.717, 1.165) is 22.5 Å². The molecular weight excluding hydrogens is 394 g/mol. The number of aromatic nitrogens is 3. The Morgan fingerprint density at radius 3 is 2.84 bits per heavy atom. The van der Waals surface area contributed by atoms with Gasteiger partial charge in [-0.3, -0.25) is 9.20 Å². The average molecular weight is 419 g/mol. The molecule has 1 unspecified atom stereocenters. The highest BCUT2D eigenvalue weighted by Gasteiger charge is 2.33. The number of aryl methyl sites for hydroxylation is 1. The summed E-state index contributed by atoms with van der Waals surface area (Å²) in [7, 11) is 1.61. The molecule has 1 aliphatic rings. The number of hydrogen-bond acceptors (Lipinski definition) is 6. The Morgan fingerprint density at radius 2 is 2.10 bits per heavy atom. The molecule has 5 rings (SSSR count). The van der Waals surface area contributed by atoms with Gasteiger partial charge in [-0.15, -0.1) is 0 Å². The molecule has 1 aromatic carbocycles. The zero-order valence-corrected chi connectivity index (χ0v) is 18.0. The van der Waals surface area contributed by atoms with Gasteiger partial charge in [0.2, 0.25) is 11.8 Å². The van der Waals surface area contributed by atoms with E-state index in [1.54, 1.807) is 13.3 Å². The van der Waals surface area contributed by atoms with Gasteiger partial charge in [-0.05, 0) is 36.6 Å². The Hall–Kier alpha value is -3.81. The van der Waals surface area contributed by atoms with E-state index < -0.39 is 5.92 Å². The Balaban J connectivity index is 0.00000112. The number of ether oxygens (including phenoxy) is 1. The SMILES string of the molecule is CC.COc1ccc2c(c1)NC(=O)C(c1nc3ccc(C)cn3c1Nc1cnco1)C2. The summed E-state index contributed by atoms with van der Waals surface area (Å²) in [5.74, 6) is 1.33. The molecule has 0 radical (unpaired) electrons. The predicted molar refractivity (Wildman–Crippen MR) is 119 cm³/mol. The van der Waals surface area contributed by atoms with Crippen LogP contribution in [0.3, 0.4) is 0 Å². The van der Waals surface area contributed by atoms with Crippen LogP contribution in [0.4, 0.5) is 17.4 Å². The summed E-state index contributed by atoms with van der Waals surface area (Å²) in [6.07, 6.45) is 5.46. The number of benzene rings is 1. The molecule has 160 valence electrons. The van der Waals surface area contributed by atoms with E-state index in [1.165, 1.54) is 6.39 Å². The summed E-state index contributed by atoms with van der Waals surface area (Å²) in [6, 6.07) is 9.64. The molecular formula is C23H25N5O3. The molecule has 8 nitrogen and oxygen atoms in total. The maximum Gasteiger partial charge on any atom is 0.234 e. The summed E-state index contributed by atoms with van der Waals surface area (Å²) < 4.78 is 12.6. The second-order valence-electron chi connectivity index (χ2n) is 7.04. The van der Waals surface area contributed by atoms with Gasteiger partial charge in [-0.25, -0.2) is 9.97 Å². The van der Waals surface area contributed by atoms with Crippen LogP contribution in [0, 0.1) is 6.92 Å². The zero-order chi connectivity index (χ0) is 22.0. The third-order valence-electron chi connectivity index (χ3n) is 5.11. The van der Waals surface area contributed by atoms with Gasteiger partial charge in [0.25, 0.3) is 0 Å². The van der Waals surface area contributed by atoms with Gasteiger partial charge in [0.15, 0.2) is 6.39 Å². The molecule has 0 saturated heterocycles. The van der Waals surface area contributed by atoms with E-state index in [2.05, 4.69) is 15.6 Å². The minimum atomic E-state index is -0.443. The lowest BCUT2D eigenvalue weighted by molar-refractivity contribution is -0.117. The van der Waals surface area contributed by atoms with Crippen LogP contribution in [-0.4, -0.2) is 27.4 Å². The van der Waals surface area contributed by atoms with E-state index in [9.17, 15) is 4.79 Å². The summed E-state index contributed by atoms with van der Waals surface area (Å²) in [6.45, 7) is 6.01. The Kier molecular flexibility index (Phi) is 5.62. The van der Waals surface area contributed by atoms with Gasteiger partial charge < -0.3 is 19.8 Å². The van der Waals surface area contributed by atoms with Gasteiger partial charge in [0.05, 0.1) is 24.9 Å². The molecule has 1 aliphatic heterocycles. The number of pyridine rings is 1. The minimum Gasteiger partial charge on any atom is -0.497 e. The maximum absolute atomic E-state index is 13.0. The first kappa shape index (κ1) is 20.5. The van der Waals surface area contributed by atoms with Crippen LogP contribution in [0.25, 0.3) is 5.65 Å². The van der Waals surface area contributed by atoms with Crippen LogP contribution in [0.1, 0.15) is 36.6 Å². The molecule has 0 bridgehead atoms. The first-order valence-corrected chi connectivity index (χ1v) is 10.2. The lowest BCUT2D eigenvalue weighted by atomic mass is 9.90. The fourth-order valence-electron chi connectivity index (χ4n) is 3.66. The van der Waals surface area contributed by atoms with Crippen LogP contribution in [-0.2, 0) is 11.2 Å². The summed E-state index contributed by atoms with van der Waals surface area (Å²) >= 11 is 0. The fourth-order valence-corrected chi connectivity index (χ4v) is 3.66. The molecule has 0 aliphatic carbocycles. The number of anilines is 3. The zero-order valence-electron chi connectivity index (χ0n) is 18.0. The first-order chi connectivity index (χ1) is 15.1. The topological polar surface area (TPSA) is 93.7 Å². The number of carbonyl (C=O) groups is 1. The van der Waals surface area contributed by atoms with Crippen molar-refractivity contribution < 1.29 is 13.9 Å². The number of nitrogens with zero attached hydrogens (tertiary/aromatic N) is 3. The molecule has 0 spiro atoms. The summed E-state index contributed by atoms with van der Waals surface area (Å²) in [5, 5.41) is 6.23. The van der Waals surface area contributed by atoms with Gasteiger partial charge in [-0.1, -0.05) is 26.0 Å². The summed E-state index contributed by atoms with van der Waals surface area (Å²) in [5.41, 5.74) is 4.30. The molecule has 0 saturated carbocycles. The number of amides is 1. The third kappa shape index (κ3) is 3.84. The van der Waals surface area contributed by atoms with Gasteiger partial charge in [-0.2, -0.15) is 0 Å². The molecule has 1 amide bonds. The van der Waals surface area contributed by atoms with Crippen molar-refractivity contribution in [3.05, 3.63) is 65.9 Å². The van der Waals surface area contributed by atoms with Crippen molar-refractivity contribution in [3.8, 4) is 5.75 Å². The lowest BCUT2D eigenvalue weighted by Crippen LogP contribution is -2.29. The molecule has 8 heteroatoms. The molecule has 3 aromatic heterocycles. The number of carbonyl (C=O) groups excluding carboxylic acids is 1. The number of hydrogen-bond donors (Lipinski definition) is 2. The summed E-state index contributed by atoms with van der Waals surface area (Å²) in [4.78, 5) is 21.7. The molecule has 1 atom stereocenters. The molecule has 4 aromatic rings. The lowest BCUT2D eigenvalue weighted by Gasteiger charge is -2.24. The quantitative estimate of drug-likeness (QED) is 0.499. The molecule has 4 heterocycles. The second kappa shape index (κ2) is 8.51. The number of fused-ring (bicyclic) bond motifs is 2. The van der Waals surface area contributed by atoms with E-state index in [-0.39, 0.29) is 5.91 Å². The largest absolute Gasteiger partial charge is 0.497 e. The normalized spacial score (nSPS) is 15.0. The Labute approximate surface area is 180 Å². The highest BCUT2D eigenvalue weighted by Crippen LogP contribution is 2.37. The number of rotatable bonds is 4. The smallest absolute Gasteiger partial charge is 0.234 e. The highest BCUT2D eigenvalue weighted by atomic mass is 16.5. The van der Waals surface area contributed by atoms with Crippen LogP contribution < -0.4 is 15.4 Å². The van der Waals surface area contributed by atoms with Crippen LogP contribution in [0.2, 0.25) is 0 Å². The van der Waals surface area contributed by atoms with Crippen molar-refractivity contribution in [1.29, 1.82) is 0 Å². The van der Waals surface area contributed by atoms with Crippen LogP contribution in [0.5, 0.6) is 5.75 Å². The number of methoxy groups -OCH3 is 1. The second-order valence-corrected chi connectivity index (χ2v) is 7.04. The van der Waals surface area contributed by atoms with Crippen LogP contribution >= 0.6 is 0 Å². The number of oxazole rings is 1. The van der Waals surface area contributed by atoms with E-state index in [4.69, 9.17) is 14.1 Å². The number of nitrogens with one attached hydrogen (secondary N) is 2. The van der Waals surface area contributed by atoms with Crippen LogP contribution in [0.15, 0.2) is 53.5 Å². The molecule has 2 N–H and O–H groups in total. The maximum atomic E-state index is 13.0. The highest BCUT2D eigenvalue weighted by molar-refractivity contribution is 5.99. The fraction of sp³-hybridized carbons (Fsp3) is 0.261. The van der Waals surface area contributed by atoms with Gasteiger partial charge >= 0.3 is 0 Å². The van der Waals surface area contributed by atoms with Crippen molar-refractivity contribution in [2.75, 3.05) is 17.7 Å². The Morgan fingerprint density at radius 1 is 1.26 bits per heavy atom. The van der Waals surface area contributed by atoms with Crippen molar-refractivity contribution >= 4 is 28.9 Å². The monoisotopic (exact) mass is 419 g/mol. The third-order valence-corrected chi connectivity index (χ3v) is 5.11. The van der Waals surface area contributed by atoms with E-state index >= 15 is 0 Å². The Bertz CT molecular complexity index is 1210. The van der Waals surface area contributed by atoms with Gasteiger partial charge in [0.1, 0.15) is 17.2 Å². The first-order valence-electron chi connectivity index (χ1n) is 10.2. The van der Waals surface area contributed by atoms with Crippen molar-refractivity contribution in [2.45, 2.75) is 33.1 Å². The average Bonchev–Trinajstić information content (AvgIpc) is 3.43. The standard InChI is InChI=1S/C21H19N5O3.C2H6/c1-12-3-6-17-24-19(20(26(17)10-12)25-18-9-22-11-29-18)15-7-13-4-5-14(28-2)8-16(13)23-21(15)27;1-2/h3-6,8-11,15,25H,7H2,1-2H3,(H,23,27);1-2H3. The minimum absolute atomic E-state index is 0.105. The van der Waals surface area contributed by atoms with E-state index in [0.29, 0.717) is 29.6 Å². The predicted octanol–water partition coefficient (Wildman–Crippen LogP) is 4.69. The van der Waals surface area contributed by atoms with Crippen molar-refractivity contribution in [3.63, 3.8) is 0 Å². The van der Waals surface area contributed by atoms with Gasteiger partial charge in [0, 0.05) is 18.0 Å².